The normalized spacial score (nSPS) is 15.2. The van der Waals surface area contributed by atoms with Gasteiger partial charge in [-0.1, -0.05) is 13.0 Å². The average molecular weight is 450 g/mol. The molecular formula is C24H27N5O4. The van der Waals surface area contributed by atoms with E-state index in [1.165, 1.54) is 6.07 Å². The number of likely N-dealkylation sites (tertiary alicyclic amines) is 1. The van der Waals surface area contributed by atoms with Crippen molar-refractivity contribution >= 4 is 5.91 Å². The summed E-state index contributed by atoms with van der Waals surface area (Å²) >= 11 is 0. The number of carbonyl (C=O) groups is 1. The Hall–Kier alpha value is -3.75. The SMILES string of the molecule is CCC(Oc1cccc(OC)c1)C(=O)N1CCC(c2cc(=O)[nH]c(-c3cnccn3)n2)CC1. The van der Waals surface area contributed by atoms with Gasteiger partial charge < -0.3 is 19.4 Å². The number of hydrogen-bond donors (Lipinski definition) is 1. The lowest BCUT2D eigenvalue weighted by molar-refractivity contribution is -0.140. The first-order valence-electron chi connectivity index (χ1n) is 11.0. The van der Waals surface area contributed by atoms with Gasteiger partial charge in [-0.05, 0) is 31.4 Å². The van der Waals surface area contributed by atoms with E-state index >= 15 is 0 Å². The van der Waals surface area contributed by atoms with E-state index < -0.39 is 6.10 Å². The van der Waals surface area contributed by atoms with Crippen molar-refractivity contribution in [1.29, 1.82) is 0 Å². The minimum atomic E-state index is -0.561. The molecule has 9 heteroatoms. The van der Waals surface area contributed by atoms with Crippen LogP contribution < -0.4 is 15.0 Å². The van der Waals surface area contributed by atoms with E-state index in [0.29, 0.717) is 48.2 Å². The van der Waals surface area contributed by atoms with Crippen LogP contribution in [-0.2, 0) is 4.79 Å². The standard InChI is InChI=1S/C24H27N5O4/c1-3-21(33-18-6-4-5-17(13-18)32-2)24(31)29-11-7-16(8-12-29)19-14-22(30)28-23(27-19)20-15-25-9-10-26-20/h4-6,9-10,13-16,21H,3,7-8,11-12H2,1-2H3,(H,27,28,30). The van der Waals surface area contributed by atoms with Crippen molar-refractivity contribution in [2.45, 2.75) is 38.2 Å². The summed E-state index contributed by atoms with van der Waals surface area (Å²) in [4.78, 5) is 42.8. The zero-order chi connectivity index (χ0) is 23.2. The molecule has 172 valence electrons. The zero-order valence-corrected chi connectivity index (χ0v) is 18.7. The van der Waals surface area contributed by atoms with E-state index in [1.54, 1.807) is 31.8 Å². The van der Waals surface area contributed by atoms with Crippen LogP contribution in [0, 0.1) is 0 Å². The van der Waals surface area contributed by atoms with Crippen LogP contribution in [0.15, 0.2) is 53.7 Å². The predicted molar refractivity (Wildman–Crippen MR) is 122 cm³/mol. The number of piperidine rings is 1. The largest absolute Gasteiger partial charge is 0.497 e. The van der Waals surface area contributed by atoms with E-state index in [-0.39, 0.29) is 17.4 Å². The number of ether oxygens (including phenoxy) is 2. The first kappa shape index (κ1) is 22.4. The number of rotatable bonds is 7. The second kappa shape index (κ2) is 10.2. The first-order chi connectivity index (χ1) is 16.1. The van der Waals surface area contributed by atoms with Crippen LogP contribution in [0.25, 0.3) is 11.5 Å². The molecule has 3 heterocycles. The number of aromatic nitrogens is 4. The molecule has 1 atom stereocenters. The molecule has 1 aliphatic heterocycles. The Labute approximate surface area is 191 Å². The molecule has 0 bridgehead atoms. The van der Waals surface area contributed by atoms with Gasteiger partial charge in [-0.25, -0.2) is 9.97 Å². The summed E-state index contributed by atoms with van der Waals surface area (Å²) in [5, 5.41) is 0. The molecule has 1 unspecified atom stereocenters. The molecule has 33 heavy (non-hydrogen) atoms. The molecule has 2 aromatic heterocycles. The summed E-state index contributed by atoms with van der Waals surface area (Å²) in [6, 6.07) is 8.79. The van der Waals surface area contributed by atoms with Crippen LogP contribution >= 0.6 is 0 Å². The number of methoxy groups -OCH3 is 1. The maximum absolute atomic E-state index is 13.1. The minimum absolute atomic E-state index is 0.0297. The van der Waals surface area contributed by atoms with Crippen molar-refractivity contribution in [2.24, 2.45) is 0 Å². The van der Waals surface area contributed by atoms with Crippen molar-refractivity contribution in [2.75, 3.05) is 20.2 Å². The lowest BCUT2D eigenvalue weighted by Gasteiger charge is -2.34. The third-order valence-electron chi connectivity index (χ3n) is 5.76. The second-order valence-corrected chi connectivity index (χ2v) is 7.90. The van der Waals surface area contributed by atoms with Crippen LogP contribution in [-0.4, -0.2) is 57.0 Å². The van der Waals surface area contributed by atoms with E-state index in [2.05, 4.69) is 19.9 Å². The Bertz CT molecular complexity index is 1140. The van der Waals surface area contributed by atoms with Gasteiger partial charge >= 0.3 is 0 Å². The number of nitrogens with zero attached hydrogens (tertiary/aromatic N) is 4. The van der Waals surface area contributed by atoms with Gasteiger partial charge in [-0.2, -0.15) is 0 Å². The Morgan fingerprint density at radius 1 is 1.21 bits per heavy atom. The van der Waals surface area contributed by atoms with Gasteiger partial charge in [0.25, 0.3) is 11.5 Å². The zero-order valence-electron chi connectivity index (χ0n) is 18.7. The van der Waals surface area contributed by atoms with Gasteiger partial charge in [0.1, 0.15) is 17.2 Å². The molecule has 1 N–H and O–H groups in total. The number of nitrogens with one attached hydrogen (secondary N) is 1. The van der Waals surface area contributed by atoms with Crippen molar-refractivity contribution in [3.8, 4) is 23.0 Å². The fraction of sp³-hybridized carbons (Fsp3) is 0.375. The molecule has 0 spiro atoms. The number of hydrogen-bond acceptors (Lipinski definition) is 7. The van der Waals surface area contributed by atoms with Gasteiger partial charge in [0, 0.05) is 43.5 Å². The van der Waals surface area contributed by atoms with Crippen LogP contribution in [0.4, 0.5) is 0 Å². The Morgan fingerprint density at radius 3 is 2.70 bits per heavy atom. The fourth-order valence-electron chi connectivity index (χ4n) is 3.97. The Kier molecular flexibility index (Phi) is 6.97. The fourth-order valence-corrected chi connectivity index (χ4v) is 3.97. The molecule has 1 saturated heterocycles. The van der Waals surface area contributed by atoms with Crippen LogP contribution in [0.1, 0.15) is 37.8 Å². The highest BCUT2D eigenvalue weighted by atomic mass is 16.5. The van der Waals surface area contributed by atoms with E-state index in [9.17, 15) is 9.59 Å². The summed E-state index contributed by atoms with van der Waals surface area (Å²) in [6.07, 6.45) is 6.14. The molecule has 4 rings (SSSR count). The molecule has 9 nitrogen and oxygen atoms in total. The molecule has 0 saturated carbocycles. The van der Waals surface area contributed by atoms with Gasteiger partial charge in [-0.15, -0.1) is 0 Å². The van der Waals surface area contributed by atoms with Crippen LogP contribution in [0.5, 0.6) is 11.5 Å². The third-order valence-corrected chi connectivity index (χ3v) is 5.76. The number of amides is 1. The smallest absolute Gasteiger partial charge is 0.263 e. The van der Waals surface area contributed by atoms with Crippen molar-refractivity contribution in [3.05, 3.63) is 65.0 Å². The summed E-state index contributed by atoms with van der Waals surface area (Å²) in [5.74, 6) is 1.75. The van der Waals surface area contributed by atoms with Gasteiger partial charge in [0.15, 0.2) is 11.9 Å². The van der Waals surface area contributed by atoms with E-state index in [4.69, 9.17) is 9.47 Å². The average Bonchev–Trinajstić information content (AvgIpc) is 2.87. The molecule has 1 amide bonds. The van der Waals surface area contributed by atoms with Gasteiger partial charge in [0.2, 0.25) is 0 Å². The van der Waals surface area contributed by atoms with Crippen molar-refractivity contribution < 1.29 is 14.3 Å². The predicted octanol–water partition coefficient (Wildman–Crippen LogP) is 2.80. The monoisotopic (exact) mass is 449 g/mol. The van der Waals surface area contributed by atoms with E-state index in [1.807, 2.05) is 30.0 Å². The number of benzene rings is 1. The third kappa shape index (κ3) is 5.36. The Morgan fingerprint density at radius 2 is 2.00 bits per heavy atom. The maximum Gasteiger partial charge on any atom is 0.263 e. The maximum atomic E-state index is 13.1. The second-order valence-electron chi connectivity index (χ2n) is 7.90. The van der Waals surface area contributed by atoms with Crippen molar-refractivity contribution in [1.82, 2.24) is 24.8 Å². The van der Waals surface area contributed by atoms with Crippen LogP contribution in [0.2, 0.25) is 0 Å². The quantitative estimate of drug-likeness (QED) is 0.590. The molecule has 0 aliphatic carbocycles. The molecule has 1 aromatic carbocycles. The van der Waals surface area contributed by atoms with Crippen LogP contribution in [0.3, 0.4) is 0 Å². The number of aromatic amines is 1. The number of H-pyrrole nitrogens is 1. The lowest BCUT2D eigenvalue weighted by Crippen LogP contribution is -2.45. The summed E-state index contributed by atoms with van der Waals surface area (Å²) in [5.41, 5.74) is 1.01. The summed E-state index contributed by atoms with van der Waals surface area (Å²) in [7, 11) is 1.59. The molecule has 0 radical (unpaired) electrons. The summed E-state index contributed by atoms with van der Waals surface area (Å²) < 4.78 is 11.2. The van der Waals surface area contributed by atoms with Gasteiger partial charge in [-0.3, -0.25) is 14.6 Å². The highest BCUT2D eigenvalue weighted by Gasteiger charge is 2.30. The highest BCUT2D eigenvalue weighted by Crippen LogP contribution is 2.28. The topological polar surface area (TPSA) is 110 Å². The summed E-state index contributed by atoms with van der Waals surface area (Å²) in [6.45, 7) is 3.09. The Balaban J connectivity index is 1.41. The highest BCUT2D eigenvalue weighted by molar-refractivity contribution is 5.81. The lowest BCUT2D eigenvalue weighted by atomic mass is 9.93. The molecule has 3 aromatic rings. The minimum Gasteiger partial charge on any atom is -0.497 e. The van der Waals surface area contributed by atoms with E-state index in [0.717, 1.165) is 12.8 Å². The number of carbonyl (C=O) groups excluding carboxylic acids is 1. The molecule has 1 fully saturated rings. The first-order valence-corrected chi connectivity index (χ1v) is 11.0. The molecular weight excluding hydrogens is 422 g/mol. The van der Waals surface area contributed by atoms with Gasteiger partial charge in [0.05, 0.1) is 19.0 Å². The molecule has 1 aliphatic rings. The van der Waals surface area contributed by atoms with Crippen molar-refractivity contribution in [3.63, 3.8) is 0 Å².